The number of nitrogens with two attached hydrogens (primary N) is 1. The van der Waals surface area contributed by atoms with Gasteiger partial charge in [-0.25, -0.2) is 8.78 Å². The summed E-state index contributed by atoms with van der Waals surface area (Å²) in [6.07, 6.45) is 1.28. The molecule has 0 unspecified atom stereocenters. The zero-order valence-corrected chi connectivity index (χ0v) is 11.7. The van der Waals surface area contributed by atoms with E-state index in [1.54, 1.807) is 0 Å². The summed E-state index contributed by atoms with van der Waals surface area (Å²) in [5, 5.41) is 11.9. The van der Waals surface area contributed by atoms with Crippen molar-refractivity contribution in [2.45, 2.75) is 26.7 Å². The molecule has 4 N–H and O–H groups in total. The Balaban J connectivity index is 2.90. The molecule has 0 saturated carbocycles. The summed E-state index contributed by atoms with van der Waals surface area (Å²) >= 11 is 0. The summed E-state index contributed by atoms with van der Waals surface area (Å²) in [5.41, 5.74) is 3.87. The second-order valence-corrected chi connectivity index (χ2v) is 4.87. The molecule has 0 aliphatic rings. The molecule has 0 atom stereocenters. The number of hydrogen-bond acceptors (Lipinski definition) is 3. The van der Waals surface area contributed by atoms with Crippen molar-refractivity contribution in [3.05, 3.63) is 29.3 Å². The highest BCUT2D eigenvalue weighted by atomic mass is 19.1. The van der Waals surface area contributed by atoms with Gasteiger partial charge in [-0.1, -0.05) is 13.8 Å². The third kappa shape index (κ3) is 3.25. The maximum absolute atomic E-state index is 13.7. The van der Waals surface area contributed by atoms with Crippen LogP contribution in [0.1, 0.15) is 37.0 Å². The van der Waals surface area contributed by atoms with E-state index in [1.807, 2.05) is 13.8 Å². The Morgan fingerprint density at radius 3 is 2.45 bits per heavy atom. The van der Waals surface area contributed by atoms with Crippen molar-refractivity contribution in [3.8, 4) is 0 Å². The molecular weight excluding hydrogens is 266 g/mol. The highest BCUT2D eigenvalue weighted by Crippen LogP contribution is 2.25. The van der Waals surface area contributed by atoms with Crippen LogP contribution in [0.25, 0.3) is 0 Å². The molecule has 0 saturated heterocycles. The summed E-state index contributed by atoms with van der Waals surface area (Å²) in [6.45, 7) is 3.80. The predicted octanol–water partition coefficient (Wildman–Crippen LogP) is 2.08. The molecule has 112 valence electrons. The van der Waals surface area contributed by atoms with E-state index < -0.39 is 28.5 Å². The van der Waals surface area contributed by atoms with Crippen LogP contribution in [0.2, 0.25) is 0 Å². The number of halogens is 2. The lowest BCUT2D eigenvalue weighted by atomic mass is 9.83. The van der Waals surface area contributed by atoms with Crippen molar-refractivity contribution in [1.82, 2.24) is 5.32 Å². The molecule has 20 heavy (non-hydrogen) atoms. The standard InChI is InChI=1S/C14H20F2N2O2/c1-3-14(4-2,8-19)7-18-13(20)11-9(15)5-6-10(17)12(11)16/h5-6,19H,3-4,7-8,17H2,1-2H3,(H,18,20). The quantitative estimate of drug-likeness (QED) is 0.701. The molecule has 0 aliphatic heterocycles. The van der Waals surface area contributed by atoms with Gasteiger partial charge in [-0.3, -0.25) is 4.79 Å². The first kappa shape index (κ1) is 16.4. The number of rotatable bonds is 6. The minimum Gasteiger partial charge on any atom is -0.396 e. The average molecular weight is 286 g/mol. The molecule has 0 aromatic heterocycles. The fourth-order valence-corrected chi connectivity index (χ4v) is 1.91. The first-order valence-corrected chi connectivity index (χ1v) is 6.53. The van der Waals surface area contributed by atoms with Crippen LogP contribution in [0, 0.1) is 17.0 Å². The Bertz CT molecular complexity index is 480. The molecule has 0 aliphatic carbocycles. The molecule has 0 fully saturated rings. The number of amides is 1. The zero-order chi connectivity index (χ0) is 15.3. The maximum atomic E-state index is 13.7. The van der Waals surface area contributed by atoms with Gasteiger partial charge in [0.25, 0.3) is 5.91 Å². The van der Waals surface area contributed by atoms with E-state index in [0.717, 1.165) is 12.1 Å². The van der Waals surface area contributed by atoms with Gasteiger partial charge in [0.05, 0.1) is 12.3 Å². The van der Waals surface area contributed by atoms with Gasteiger partial charge >= 0.3 is 0 Å². The zero-order valence-electron chi connectivity index (χ0n) is 11.7. The minimum atomic E-state index is -1.06. The van der Waals surface area contributed by atoms with Crippen molar-refractivity contribution in [1.29, 1.82) is 0 Å². The Kier molecular flexibility index (Phi) is 5.44. The average Bonchev–Trinajstić information content (AvgIpc) is 2.45. The lowest BCUT2D eigenvalue weighted by molar-refractivity contribution is 0.0844. The maximum Gasteiger partial charge on any atom is 0.257 e. The summed E-state index contributed by atoms with van der Waals surface area (Å²) in [7, 11) is 0. The molecule has 1 aromatic rings. The van der Waals surface area contributed by atoms with E-state index in [9.17, 15) is 18.7 Å². The number of carbonyl (C=O) groups is 1. The molecule has 0 radical (unpaired) electrons. The summed E-state index contributed by atoms with van der Waals surface area (Å²) in [5.74, 6) is -2.89. The summed E-state index contributed by atoms with van der Waals surface area (Å²) in [4.78, 5) is 11.9. The predicted molar refractivity (Wildman–Crippen MR) is 73.2 cm³/mol. The largest absolute Gasteiger partial charge is 0.396 e. The van der Waals surface area contributed by atoms with Crippen LogP contribution in [0.15, 0.2) is 12.1 Å². The molecular formula is C14H20F2N2O2. The van der Waals surface area contributed by atoms with Gasteiger partial charge in [-0.15, -0.1) is 0 Å². The number of carbonyl (C=O) groups excluding carboxylic acids is 1. The molecule has 0 heterocycles. The van der Waals surface area contributed by atoms with Gasteiger partial charge in [-0.05, 0) is 25.0 Å². The smallest absolute Gasteiger partial charge is 0.257 e. The minimum absolute atomic E-state index is 0.109. The monoisotopic (exact) mass is 286 g/mol. The number of nitrogens with one attached hydrogen (secondary N) is 1. The van der Waals surface area contributed by atoms with Crippen molar-refractivity contribution in [3.63, 3.8) is 0 Å². The first-order chi connectivity index (χ1) is 9.40. The Morgan fingerprint density at radius 2 is 1.95 bits per heavy atom. The first-order valence-electron chi connectivity index (χ1n) is 6.53. The lowest BCUT2D eigenvalue weighted by Gasteiger charge is -2.29. The van der Waals surface area contributed by atoms with Crippen molar-refractivity contribution in [2.24, 2.45) is 5.41 Å². The van der Waals surface area contributed by atoms with Gasteiger partial charge in [0.15, 0.2) is 5.82 Å². The molecule has 0 spiro atoms. The topological polar surface area (TPSA) is 75.3 Å². The number of aliphatic hydroxyl groups is 1. The molecule has 0 bridgehead atoms. The van der Waals surface area contributed by atoms with Crippen LogP contribution in [-0.2, 0) is 0 Å². The Hall–Kier alpha value is -1.69. The number of aliphatic hydroxyl groups excluding tert-OH is 1. The van der Waals surface area contributed by atoms with Crippen LogP contribution < -0.4 is 11.1 Å². The fourth-order valence-electron chi connectivity index (χ4n) is 1.91. The third-order valence-corrected chi connectivity index (χ3v) is 3.81. The van der Waals surface area contributed by atoms with Crippen molar-refractivity contribution in [2.75, 3.05) is 18.9 Å². The van der Waals surface area contributed by atoms with E-state index in [1.165, 1.54) is 0 Å². The SMILES string of the molecule is CCC(CC)(CO)CNC(=O)c1c(F)ccc(N)c1F. The fraction of sp³-hybridized carbons (Fsp3) is 0.500. The summed E-state index contributed by atoms with van der Waals surface area (Å²) < 4.78 is 27.2. The second kappa shape index (κ2) is 6.65. The molecule has 1 rings (SSSR count). The summed E-state index contributed by atoms with van der Waals surface area (Å²) in [6, 6.07) is 2.02. The van der Waals surface area contributed by atoms with E-state index in [2.05, 4.69) is 5.32 Å². The van der Waals surface area contributed by atoms with Gasteiger partial charge in [0.1, 0.15) is 11.4 Å². The molecule has 1 aromatic carbocycles. The van der Waals surface area contributed by atoms with Crippen LogP contribution in [-0.4, -0.2) is 24.2 Å². The highest BCUT2D eigenvalue weighted by molar-refractivity contribution is 5.95. The van der Waals surface area contributed by atoms with Crippen LogP contribution >= 0.6 is 0 Å². The van der Waals surface area contributed by atoms with Gasteiger partial charge in [-0.2, -0.15) is 0 Å². The van der Waals surface area contributed by atoms with E-state index >= 15 is 0 Å². The number of benzene rings is 1. The van der Waals surface area contributed by atoms with Crippen molar-refractivity contribution < 1.29 is 18.7 Å². The Labute approximate surface area is 117 Å². The van der Waals surface area contributed by atoms with Gasteiger partial charge in [0.2, 0.25) is 0 Å². The van der Waals surface area contributed by atoms with E-state index in [-0.39, 0.29) is 18.8 Å². The number of nitrogen functional groups attached to an aromatic ring is 1. The molecule has 4 nitrogen and oxygen atoms in total. The number of hydrogen-bond donors (Lipinski definition) is 3. The normalized spacial score (nSPS) is 11.4. The highest BCUT2D eigenvalue weighted by Gasteiger charge is 2.27. The third-order valence-electron chi connectivity index (χ3n) is 3.81. The van der Waals surface area contributed by atoms with E-state index in [0.29, 0.717) is 12.8 Å². The Morgan fingerprint density at radius 1 is 1.35 bits per heavy atom. The lowest BCUT2D eigenvalue weighted by Crippen LogP contribution is -2.40. The molecule has 1 amide bonds. The van der Waals surface area contributed by atoms with Crippen LogP contribution in [0.5, 0.6) is 0 Å². The van der Waals surface area contributed by atoms with Crippen molar-refractivity contribution >= 4 is 11.6 Å². The number of anilines is 1. The van der Waals surface area contributed by atoms with Crippen LogP contribution in [0.4, 0.5) is 14.5 Å². The van der Waals surface area contributed by atoms with E-state index in [4.69, 9.17) is 5.73 Å². The van der Waals surface area contributed by atoms with Crippen LogP contribution in [0.3, 0.4) is 0 Å². The van der Waals surface area contributed by atoms with Gasteiger partial charge in [0, 0.05) is 12.0 Å². The second-order valence-electron chi connectivity index (χ2n) is 4.87. The molecule has 6 heteroatoms. The van der Waals surface area contributed by atoms with Gasteiger partial charge < -0.3 is 16.2 Å².